The fraction of sp³-hybridized carbons (Fsp3) is 1.00. The second-order valence-electron chi connectivity index (χ2n) is 11.5. The number of unbranched alkanes of at least 4 members (excludes halogenated alkanes) is 21. The zero-order valence-corrected chi connectivity index (χ0v) is 28.7. The van der Waals surface area contributed by atoms with Crippen LogP contribution in [0.3, 0.4) is 0 Å². The zero-order valence-electron chi connectivity index (χ0n) is 24.3. The van der Waals surface area contributed by atoms with Gasteiger partial charge >= 0.3 is 0 Å². The van der Waals surface area contributed by atoms with Crippen LogP contribution < -0.4 is 0 Å². The molecule has 0 fully saturated rings. The summed E-state index contributed by atoms with van der Waals surface area (Å²) in [5.74, 6) is 0. The van der Waals surface area contributed by atoms with Gasteiger partial charge in [-0.1, -0.05) is 193 Å². The fourth-order valence-corrected chi connectivity index (χ4v) is 25.6. The lowest BCUT2D eigenvalue weighted by Crippen LogP contribution is -2.42. The van der Waals surface area contributed by atoms with E-state index >= 15 is 0 Å². The van der Waals surface area contributed by atoms with Crippen LogP contribution in [0.25, 0.3) is 0 Å². The summed E-state index contributed by atoms with van der Waals surface area (Å²) in [5.41, 5.74) is 0. The Morgan fingerprint density at radius 3 is 0.788 bits per heavy atom. The monoisotopic (exact) mass is 512 g/mol. The Hall–Kier alpha value is 0.651. The highest BCUT2D eigenvalue weighted by atomic mass is 29.5. The van der Waals surface area contributed by atoms with Crippen molar-refractivity contribution in [3.8, 4) is 0 Å². The molecule has 0 atom stereocenters. The molecule has 0 bridgehead atoms. The molecule has 0 aromatic carbocycles. The Bertz CT molecular complexity index is 308. The topological polar surface area (TPSA) is 0 Å². The molecule has 0 unspecified atom stereocenters. The van der Waals surface area contributed by atoms with E-state index < -0.39 is 7.59 Å². The van der Waals surface area contributed by atoms with Crippen LogP contribution in [0.1, 0.15) is 175 Å². The lowest BCUT2D eigenvalue weighted by molar-refractivity contribution is 0.576. The second-order valence-corrected chi connectivity index (χ2v) is 29.7. The first-order chi connectivity index (χ1) is 16.2. The smallest absolute Gasteiger partial charge is 0.0367 e. The Kier molecular flexibility index (Phi) is 27.8. The second kappa shape index (κ2) is 27.2. The van der Waals surface area contributed by atoms with Gasteiger partial charge in [-0.25, -0.2) is 0 Å². The predicted octanol–water partition coefficient (Wildman–Crippen LogP) is 9.80. The van der Waals surface area contributed by atoms with Crippen LogP contribution in [-0.2, 0) is 0 Å². The SMILES string of the molecule is CCCCCCCCCC[Si](CCCCCCCCCC)(CCCCCCCCCC)[SiH2][SiH3]. The van der Waals surface area contributed by atoms with Gasteiger partial charge in [0, 0.05) is 16.1 Å². The van der Waals surface area contributed by atoms with Crippen LogP contribution in [0.2, 0.25) is 18.1 Å². The predicted molar refractivity (Wildman–Crippen MR) is 166 cm³/mol. The number of rotatable bonds is 28. The Morgan fingerprint density at radius 2 is 0.576 bits per heavy atom. The van der Waals surface area contributed by atoms with Crippen molar-refractivity contribution >= 4 is 25.9 Å². The van der Waals surface area contributed by atoms with Crippen molar-refractivity contribution in [1.29, 1.82) is 0 Å². The summed E-state index contributed by atoms with van der Waals surface area (Å²) in [6.45, 7) is 7.00. The molecule has 0 aliphatic heterocycles. The van der Waals surface area contributed by atoms with Gasteiger partial charge in [-0.15, -0.1) is 0 Å². The average molecular weight is 513 g/mol. The average Bonchev–Trinajstić information content (AvgIpc) is 2.83. The van der Waals surface area contributed by atoms with E-state index in [0.717, 1.165) is 0 Å². The summed E-state index contributed by atoms with van der Waals surface area (Å²) in [4.78, 5) is 0. The van der Waals surface area contributed by atoms with Gasteiger partial charge in [-0.2, -0.15) is 0 Å². The van der Waals surface area contributed by atoms with Crippen molar-refractivity contribution in [3.63, 3.8) is 0 Å². The summed E-state index contributed by atoms with van der Waals surface area (Å²) >= 11 is 0. The van der Waals surface area contributed by atoms with E-state index in [1.165, 1.54) is 116 Å². The van der Waals surface area contributed by atoms with Gasteiger partial charge in [0.15, 0.2) is 0 Å². The first-order valence-corrected chi connectivity index (χ1v) is 26.8. The Labute approximate surface area is 218 Å². The lowest BCUT2D eigenvalue weighted by Gasteiger charge is -2.31. The first-order valence-electron chi connectivity index (χ1n) is 16.2. The standard InChI is InChI=1S/C30H68Si3/c1-4-7-10-13-16-19-22-25-28-33(32-31,29-26-23-20-17-14-11-8-5-2)30-27-24-21-18-15-12-9-6-3/h4-30,32H2,1-3,31H3. The van der Waals surface area contributed by atoms with Crippen LogP contribution >= 0.6 is 0 Å². The molecule has 3 heteroatoms. The van der Waals surface area contributed by atoms with E-state index in [1.807, 2.05) is 0 Å². The van der Waals surface area contributed by atoms with Crippen LogP contribution in [0.5, 0.6) is 0 Å². The summed E-state index contributed by atoms with van der Waals surface area (Å²) in [6.07, 6.45) is 36.2. The molecule has 33 heavy (non-hydrogen) atoms. The van der Waals surface area contributed by atoms with Gasteiger partial charge in [-0.3, -0.25) is 0 Å². The van der Waals surface area contributed by atoms with E-state index in [-0.39, 0.29) is 0 Å². The molecule has 0 aromatic rings. The molecule has 0 aliphatic rings. The molecule has 0 heterocycles. The summed E-state index contributed by atoms with van der Waals surface area (Å²) in [6, 6.07) is 5.26. The van der Waals surface area contributed by atoms with Crippen molar-refractivity contribution in [1.82, 2.24) is 0 Å². The molecule has 0 nitrogen and oxygen atoms in total. The molecule has 0 rings (SSSR count). The molecule has 0 aromatic heterocycles. The molecular weight excluding hydrogens is 445 g/mol. The van der Waals surface area contributed by atoms with Crippen LogP contribution in [0.15, 0.2) is 0 Å². The minimum atomic E-state index is -0.812. The van der Waals surface area contributed by atoms with E-state index in [4.69, 9.17) is 0 Å². The van der Waals surface area contributed by atoms with Gasteiger partial charge in [0.1, 0.15) is 0 Å². The van der Waals surface area contributed by atoms with E-state index in [9.17, 15) is 0 Å². The zero-order chi connectivity index (χ0) is 24.3. The van der Waals surface area contributed by atoms with Gasteiger partial charge in [0.05, 0.1) is 0 Å². The van der Waals surface area contributed by atoms with E-state index in [2.05, 4.69) is 20.8 Å². The molecule has 0 N–H and O–H groups in total. The van der Waals surface area contributed by atoms with Crippen molar-refractivity contribution in [2.45, 2.75) is 193 Å². The Balaban J connectivity index is 4.23. The maximum atomic E-state index is 2.33. The third kappa shape index (κ3) is 22.8. The molecular formula is C30H68Si3. The third-order valence-electron chi connectivity index (χ3n) is 8.43. The molecule has 0 spiro atoms. The first kappa shape index (κ1) is 33.7. The van der Waals surface area contributed by atoms with Crippen LogP contribution in [-0.4, -0.2) is 25.9 Å². The quantitative estimate of drug-likeness (QED) is 0.0722. The van der Waals surface area contributed by atoms with E-state index in [1.54, 1.807) is 66.4 Å². The van der Waals surface area contributed by atoms with Crippen LogP contribution in [0, 0.1) is 0 Å². The number of hydrogen-bond acceptors (Lipinski definition) is 0. The van der Waals surface area contributed by atoms with Crippen molar-refractivity contribution in [2.24, 2.45) is 0 Å². The fourth-order valence-electron chi connectivity index (χ4n) is 5.81. The molecule has 0 saturated heterocycles. The lowest BCUT2D eigenvalue weighted by atomic mass is 10.1. The minimum absolute atomic E-state index is 0.347. The highest BCUT2D eigenvalue weighted by Crippen LogP contribution is 2.29. The van der Waals surface area contributed by atoms with Gasteiger partial charge in [0.25, 0.3) is 0 Å². The van der Waals surface area contributed by atoms with Gasteiger partial charge in [-0.05, 0) is 9.76 Å². The van der Waals surface area contributed by atoms with Gasteiger partial charge in [0.2, 0.25) is 0 Å². The molecule has 0 saturated carbocycles. The largest absolute Gasteiger partial charge is 0.0654 e. The summed E-state index contributed by atoms with van der Waals surface area (Å²) in [7, 11) is 1.14. The highest BCUT2D eigenvalue weighted by molar-refractivity contribution is 7.40. The minimum Gasteiger partial charge on any atom is -0.0654 e. The summed E-state index contributed by atoms with van der Waals surface area (Å²) in [5, 5.41) is 0. The van der Waals surface area contributed by atoms with Crippen molar-refractivity contribution in [2.75, 3.05) is 0 Å². The molecule has 0 aliphatic carbocycles. The summed E-state index contributed by atoms with van der Waals surface area (Å²) < 4.78 is 0. The number of hydrogen-bond donors (Lipinski definition) is 0. The van der Waals surface area contributed by atoms with Crippen molar-refractivity contribution in [3.05, 3.63) is 0 Å². The molecule has 0 radical (unpaired) electrons. The van der Waals surface area contributed by atoms with Crippen LogP contribution in [0.4, 0.5) is 0 Å². The maximum absolute atomic E-state index is 2.33. The molecule has 0 amide bonds. The normalized spacial score (nSPS) is 12.5. The highest BCUT2D eigenvalue weighted by Gasteiger charge is 2.29. The van der Waals surface area contributed by atoms with Crippen molar-refractivity contribution < 1.29 is 0 Å². The molecule has 200 valence electrons. The maximum Gasteiger partial charge on any atom is 0.0367 e. The third-order valence-corrected chi connectivity index (χ3v) is 35.4. The Morgan fingerprint density at radius 1 is 0.364 bits per heavy atom. The van der Waals surface area contributed by atoms with E-state index in [0.29, 0.717) is 8.55 Å². The van der Waals surface area contributed by atoms with Gasteiger partial charge < -0.3 is 0 Å².